The molecular formula is C21H28N6O2S. The van der Waals surface area contributed by atoms with Gasteiger partial charge in [0.2, 0.25) is 5.91 Å². The van der Waals surface area contributed by atoms with Crippen LogP contribution in [-0.2, 0) is 42.4 Å². The van der Waals surface area contributed by atoms with E-state index in [9.17, 15) is 10.1 Å². The summed E-state index contributed by atoms with van der Waals surface area (Å²) in [6.07, 6.45) is 7.06. The van der Waals surface area contributed by atoms with Crippen LogP contribution in [0.1, 0.15) is 55.3 Å². The van der Waals surface area contributed by atoms with Gasteiger partial charge in [-0.05, 0) is 44.1 Å². The molecule has 0 bridgehead atoms. The molecule has 2 aromatic rings. The van der Waals surface area contributed by atoms with Crippen molar-refractivity contribution in [1.82, 2.24) is 19.3 Å². The minimum absolute atomic E-state index is 0.138. The summed E-state index contributed by atoms with van der Waals surface area (Å²) in [4.78, 5) is 12.8. The van der Waals surface area contributed by atoms with E-state index in [-0.39, 0.29) is 17.8 Å². The molecule has 9 heteroatoms. The number of fused-ring (bicyclic) bond motifs is 1. The SMILES string of the molecule is CCc1nnc(SCC(=O)Nc2c(C#N)c3c(n2CC2CCCO2)CCCC3)n1C. The third-order valence-corrected chi connectivity index (χ3v) is 6.95. The Kier molecular flexibility index (Phi) is 6.44. The maximum atomic E-state index is 12.8. The van der Waals surface area contributed by atoms with Gasteiger partial charge >= 0.3 is 0 Å². The van der Waals surface area contributed by atoms with E-state index in [2.05, 4.69) is 26.2 Å². The lowest BCUT2D eigenvalue weighted by Crippen LogP contribution is -2.23. The Balaban J connectivity index is 1.54. The number of thioether (sulfide) groups is 1. The number of carbonyl (C=O) groups is 1. The van der Waals surface area contributed by atoms with E-state index in [0.29, 0.717) is 17.9 Å². The van der Waals surface area contributed by atoms with Gasteiger partial charge in [0.25, 0.3) is 0 Å². The number of aromatic nitrogens is 4. The van der Waals surface area contributed by atoms with E-state index in [1.165, 1.54) is 17.5 Å². The van der Waals surface area contributed by atoms with Crippen LogP contribution in [0.4, 0.5) is 5.82 Å². The van der Waals surface area contributed by atoms with Crippen molar-refractivity contribution in [3.8, 4) is 6.07 Å². The fourth-order valence-corrected chi connectivity index (χ4v) is 5.12. The zero-order valence-electron chi connectivity index (χ0n) is 17.6. The maximum Gasteiger partial charge on any atom is 0.235 e. The summed E-state index contributed by atoms with van der Waals surface area (Å²) >= 11 is 1.36. The summed E-state index contributed by atoms with van der Waals surface area (Å²) < 4.78 is 9.90. The monoisotopic (exact) mass is 428 g/mol. The molecule has 0 spiro atoms. The van der Waals surface area contributed by atoms with Crippen LogP contribution >= 0.6 is 11.8 Å². The predicted octanol–water partition coefficient (Wildman–Crippen LogP) is 2.84. The average Bonchev–Trinajstić information content (AvgIpc) is 3.46. The lowest BCUT2D eigenvalue weighted by atomic mass is 9.95. The van der Waals surface area contributed by atoms with E-state index in [0.717, 1.165) is 68.1 Å². The molecule has 1 fully saturated rings. The van der Waals surface area contributed by atoms with Gasteiger partial charge in [0.1, 0.15) is 17.7 Å². The van der Waals surface area contributed by atoms with Gasteiger partial charge in [-0.2, -0.15) is 5.26 Å². The van der Waals surface area contributed by atoms with Gasteiger partial charge in [0, 0.05) is 25.8 Å². The summed E-state index contributed by atoms with van der Waals surface area (Å²) in [5.74, 6) is 1.61. The Hall–Kier alpha value is -2.31. The summed E-state index contributed by atoms with van der Waals surface area (Å²) in [7, 11) is 1.91. The van der Waals surface area contributed by atoms with Crippen LogP contribution in [0.5, 0.6) is 0 Å². The Morgan fingerprint density at radius 3 is 2.87 bits per heavy atom. The van der Waals surface area contributed by atoms with Crippen molar-refractivity contribution in [2.45, 2.75) is 69.7 Å². The zero-order valence-corrected chi connectivity index (χ0v) is 18.4. The standard InChI is InChI=1S/C21H28N6O2S/c1-3-18-24-25-21(26(18)2)30-13-19(28)23-20-16(11-22)15-8-4-5-9-17(15)27(20)12-14-7-6-10-29-14/h14H,3-10,12-13H2,1-2H3,(H,23,28). The van der Waals surface area contributed by atoms with Gasteiger partial charge in [-0.15, -0.1) is 10.2 Å². The molecule has 1 aliphatic carbocycles. The molecule has 1 saturated heterocycles. The minimum Gasteiger partial charge on any atom is -0.376 e. The highest BCUT2D eigenvalue weighted by Gasteiger charge is 2.28. The van der Waals surface area contributed by atoms with Crippen molar-refractivity contribution < 1.29 is 9.53 Å². The molecule has 0 aromatic carbocycles. The van der Waals surface area contributed by atoms with E-state index in [4.69, 9.17) is 4.74 Å². The first kappa shape index (κ1) is 20.9. The van der Waals surface area contributed by atoms with Crippen molar-refractivity contribution in [2.75, 3.05) is 17.7 Å². The molecule has 3 heterocycles. The van der Waals surface area contributed by atoms with Crippen LogP contribution in [0.25, 0.3) is 0 Å². The lowest BCUT2D eigenvalue weighted by Gasteiger charge is -2.19. The van der Waals surface area contributed by atoms with Crippen molar-refractivity contribution in [2.24, 2.45) is 7.05 Å². The van der Waals surface area contributed by atoms with Crippen molar-refractivity contribution >= 4 is 23.5 Å². The van der Waals surface area contributed by atoms with Gasteiger partial charge < -0.3 is 19.2 Å². The molecular weight excluding hydrogens is 400 g/mol. The van der Waals surface area contributed by atoms with Gasteiger partial charge in [-0.1, -0.05) is 18.7 Å². The largest absolute Gasteiger partial charge is 0.376 e. The molecule has 2 aliphatic rings. The van der Waals surface area contributed by atoms with Crippen LogP contribution in [-0.4, -0.2) is 43.7 Å². The molecule has 0 saturated carbocycles. The molecule has 1 unspecified atom stereocenters. The second-order valence-corrected chi connectivity index (χ2v) is 8.80. The van der Waals surface area contributed by atoms with Gasteiger partial charge in [0.05, 0.1) is 24.0 Å². The molecule has 30 heavy (non-hydrogen) atoms. The lowest BCUT2D eigenvalue weighted by molar-refractivity contribution is -0.113. The number of ether oxygens (including phenoxy) is 1. The molecule has 1 atom stereocenters. The van der Waals surface area contributed by atoms with Gasteiger partial charge in [-0.25, -0.2) is 0 Å². The number of nitrogens with one attached hydrogen (secondary N) is 1. The highest BCUT2D eigenvalue weighted by molar-refractivity contribution is 7.99. The number of carbonyl (C=O) groups excluding carboxylic acids is 1. The molecule has 0 radical (unpaired) electrons. The number of nitriles is 1. The second kappa shape index (κ2) is 9.23. The smallest absolute Gasteiger partial charge is 0.235 e. The highest BCUT2D eigenvalue weighted by atomic mass is 32.2. The van der Waals surface area contributed by atoms with Gasteiger partial charge in [0.15, 0.2) is 5.16 Å². The van der Waals surface area contributed by atoms with Crippen molar-refractivity contribution in [3.05, 3.63) is 22.6 Å². The van der Waals surface area contributed by atoms with Crippen molar-refractivity contribution in [1.29, 1.82) is 5.26 Å². The molecule has 1 amide bonds. The minimum atomic E-state index is -0.138. The number of hydrogen-bond acceptors (Lipinski definition) is 6. The molecule has 1 N–H and O–H groups in total. The average molecular weight is 429 g/mol. The second-order valence-electron chi connectivity index (χ2n) is 7.86. The van der Waals surface area contributed by atoms with Gasteiger partial charge in [-0.3, -0.25) is 4.79 Å². The summed E-state index contributed by atoms with van der Waals surface area (Å²) in [6.45, 7) is 3.50. The Morgan fingerprint density at radius 1 is 1.33 bits per heavy atom. The predicted molar refractivity (Wildman–Crippen MR) is 114 cm³/mol. The summed E-state index contributed by atoms with van der Waals surface area (Å²) in [6, 6.07) is 2.36. The fraction of sp³-hybridized carbons (Fsp3) is 0.619. The number of rotatable bonds is 7. The molecule has 160 valence electrons. The number of aryl methyl sites for hydroxylation is 1. The number of nitrogens with zero attached hydrogens (tertiary/aromatic N) is 5. The third-order valence-electron chi connectivity index (χ3n) is 5.93. The van der Waals surface area contributed by atoms with E-state index in [1.54, 1.807) is 0 Å². The molecule has 1 aliphatic heterocycles. The Labute approximate surface area is 181 Å². The van der Waals surface area contributed by atoms with Crippen LogP contribution in [0.15, 0.2) is 5.16 Å². The summed E-state index contributed by atoms with van der Waals surface area (Å²) in [5, 5.41) is 21.9. The fourth-order valence-electron chi connectivity index (χ4n) is 4.39. The van der Waals surface area contributed by atoms with Crippen LogP contribution in [0.2, 0.25) is 0 Å². The first-order valence-corrected chi connectivity index (χ1v) is 11.7. The van der Waals surface area contributed by atoms with Crippen LogP contribution in [0.3, 0.4) is 0 Å². The van der Waals surface area contributed by atoms with Crippen LogP contribution < -0.4 is 5.32 Å². The normalized spacial score (nSPS) is 18.2. The third kappa shape index (κ3) is 4.12. The number of amides is 1. The zero-order chi connectivity index (χ0) is 21.1. The highest BCUT2D eigenvalue weighted by Crippen LogP contribution is 2.34. The molecule has 8 nitrogen and oxygen atoms in total. The first-order chi connectivity index (χ1) is 14.6. The Morgan fingerprint density at radius 2 is 2.17 bits per heavy atom. The Bertz CT molecular complexity index is 967. The first-order valence-electron chi connectivity index (χ1n) is 10.7. The van der Waals surface area contributed by atoms with E-state index < -0.39 is 0 Å². The van der Waals surface area contributed by atoms with Crippen molar-refractivity contribution in [3.63, 3.8) is 0 Å². The number of hydrogen-bond donors (Lipinski definition) is 1. The quantitative estimate of drug-likeness (QED) is 0.681. The molecule has 2 aromatic heterocycles. The van der Waals surface area contributed by atoms with E-state index in [1.807, 2.05) is 18.5 Å². The number of anilines is 1. The van der Waals surface area contributed by atoms with Crippen LogP contribution in [0, 0.1) is 11.3 Å². The topological polar surface area (TPSA) is 97.8 Å². The molecule has 4 rings (SSSR count). The summed E-state index contributed by atoms with van der Waals surface area (Å²) in [5.41, 5.74) is 2.91. The van der Waals surface area contributed by atoms with E-state index >= 15 is 0 Å². The maximum absolute atomic E-state index is 12.8.